The third-order valence-corrected chi connectivity index (χ3v) is 1.71. The average Bonchev–Trinajstić information content (AvgIpc) is 2.20. The van der Waals surface area contributed by atoms with Crippen LogP contribution in [-0.4, -0.2) is 12.5 Å². The van der Waals surface area contributed by atoms with Crippen molar-refractivity contribution in [2.45, 2.75) is 6.92 Å². The molecule has 0 radical (unpaired) electrons. The van der Waals surface area contributed by atoms with Gasteiger partial charge in [-0.15, -0.1) is 0 Å². The molecular formula is C9H13N3O2. The third-order valence-electron chi connectivity index (χ3n) is 1.71. The Kier molecular flexibility index (Phi) is 3.30. The third kappa shape index (κ3) is 1.94. The number of para-hydroxylation sites is 1. The first kappa shape index (κ1) is 10.3. The van der Waals surface area contributed by atoms with Gasteiger partial charge < -0.3 is 10.5 Å². The minimum Gasteiger partial charge on any atom is -0.491 e. The molecule has 0 saturated carbocycles. The van der Waals surface area contributed by atoms with Gasteiger partial charge in [-0.25, -0.2) is 5.84 Å². The summed E-state index contributed by atoms with van der Waals surface area (Å²) in [7, 11) is 0. The van der Waals surface area contributed by atoms with E-state index in [9.17, 15) is 4.79 Å². The highest BCUT2D eigenvalue weighted by Crippen LogP contribution is 2.25. The van der Waals surface area contributed by atoms with Crippen molar-refractivity contribution in [1.29, 1.82) is 0 Å². The van der Waals surface area contributed by atoms with Gasteiger partial charge in [0.25, 0.3) is 5.91 Å². The van der Waals surface area contributed by atoms with E-state index in [-0.39, 0.29) is 0 Å². The molecule has 5 nitrogen and oxygen atoms in total. The van der Waals surface area contributed by atoms with E-state index < -0.39 is 5.91 Å². The van der Waals surface area contributed by atoms with Crippen LogP contribution in [-0.2, 0) is 0 Å². The first-order valence-electron chi connectivity index (χ1n) is 4.23. The Morgan fingerprint density at radius 3 is 2.86 bits per heavy atom. The van der Waals surface area contributed by atoms with Gasteiger partial charge in [0.15, 0.2) is 5.75 Å². The van der Waals surface area contributed by atoms with E-state index in [2.05, 4.69) is 0 Å². The summed E-state index contributed by atoms with van der Waals surface area (Å²) in [5, 5.41) is 0. The predicted octanol–water partition coefficient (Wildman–Crippen LogP) is 0.271. The molecule has 1 rings (SSSR count). The second-order valence-electron chi connectivity index (χ2n) is 2.63. The average molecular weight is 195 g/mol. The van der Waals surface area contributed by atoms with Crippen LogP contribution in [0.3, 0.4) is 0 Å². The molecule has 0 aliphatic rings. The molecule has 0 bridgehead atoms. The smallest absolute Gasteiger partial charge is 0.269 e. The topological polar surface area (TPSA) is 90.4 Å². The fraction of sp³-hybridized carbons (Fsp3) is 0.222. The molecule has 76 valence electrons. The van der Waals surface area contributed by atoms with Crippen LogP contribution in [0.4, 0.5) is 5.69 Å². The molecule has 0 spiro atoms. The van der Waals surface area contributed by atoms with Crippen LogP contribution in [0, 0.1) is 0 Å². The summed E-state index contributed by atoms with van der Waals surface area (Å²) < 4.78 is 5.25. The number of anilines is 1. The zero-order valence-electron chi connectivity index (χ0n) is 7.91. The zero-order valence-corrected chi connectivity index (χ0v) is 7.91. The largest absolute Gasteiger partial charge is 0.491 e. The minimum atomic E-state index is -0.416. The van der Waals surface area contributed by atoms with Gasteiger partial charge in [0.05, 0.1) is 17.9 Å². The maximum absolute atomic E-state index is 11.3. The lowest BCUT2D eigenvalue weighted by atomic mass is 10.1. The van der Waals surface area contributed by atoms with Crippen molar-refractivity contribution in [3.63, 3.8) is 0 Å². The summed E-state index contributed by atoms with van der Waals surface area (Å²) in [5.74, 6) is 4.98. The number of amides is 1. The Morgan fingerprint density at radius 1 is 1.57 bits per heavy atom. The number of hydrogen-bond donors (Lipinski definition) is 3. The first-order chi connectivity index (χ1) is 6.70. The lowest BCUT2D eigenvalue weighted by Gasteiger charge is -2.10. The van der Waals surface area contributed by atoms with E-state index in [0.29, 0.717) is 23.6 Å². The van der Waals surface area contributed by atoms with E-state index in [1.165, 1.54) is 0 Å². The van der Waals surface area contributed by atoms with E-state index >= 15 is 0 Å². The van der Waals surface area contributed by atoms with Gasteiger partial charge in [-0.1, -0.05) is 6.07 Å². The highest BCUT2D eigenvalue weighted by molar-refractivity contribution is 5.98. The molecule has 0 fully saturated rings. The number of benzene rings is 1. The highest BCUT2D eigenvalue weighted by atomic mass is 16.5. The monoisotopic (exact) mass is 195 g/mol. The number of carbonyl (C=O) groups is 1. The molecule has 5 heteroatoms. The van der Waals surface area contributed by atoms with Crippen molar-refractivity contribution in [3.8, 4) is 5.75 Å². The van der Waals surface area contributed by atoms with Gasteiger partial charge in [0.2, 0.25) is 0 Å². The van der Waals surface area contributed by atoms with Crippen LogP contribution in [0.15, 0.2) is 18.2 Å². The Balaban J connectivity index is 3.13. The molecule has 0 unspecified atom stereocenters. The molecule has 0 aromatic heterocycles. The summed E-state index contributed by atoms with van der Waals surface area (Å²) in [6, 6.07) is 4.93. The van der Waals surface area contributed by atoms with Gasteiger partial charge in [-0.3, -0.25) is 10.2 Å². The van der Waals surface area contributed by atoms with Crippen LogP contribution in [0.2, 0.25) is 0 Å². The number of hydrogen-bond acceptors (Lipinski definition) is 4. The Bertz CT molecular complexity index is 339. The number of rotatable bonds is 3. The molecule has 1 aromatic rings. The van der Waals surface area contributed by atoms with Gasteiger partial charge >= 0.3 is 0 Å². The first-order valence-corrected chi connectivity index (χ1v) is 4.23. The van der Waals surface area contributed by atoms with Gasteiger partial charge in [-0.05, 0) is 19.1 Å². The summed E-state index contributed by atoms with van der Waals surface area (Å²) in [6.07, 6.45) is 0. The van der Waals surface area contributed by atoms with Crippen molar-refractivity contribution in [2.75, 3.05) is 12.3 Å². The number of nitrogens with two attached hydrogens (primary N) is 2. The summed E-state index contributed by atoms with van der Waals surface area (Å²) in [6.45, 7) is 2.26. The number of hydrazine groups is 1. The number of nitrogens with one attached hydrogen (secondary N) is 1. The normalized spacial score (nSPS) is 9.57. The molecule has 0 atom stereocenters. The molecular weight excluding hydrogens is 182 g/mol. The van der Waals surface area contributed by atoms with Crippen molar-refractivity contribution in [2.24, 2.45) is 5.84 Å². The van der Waals surface area contributed by atoms with E-state index in [4.69, 9.17) is 16.3 Å². The molecule has 0 aliphatic heterocycles. The van der Waals surface area contributed by atoms with Crippen LogP contribution in [0.5, 0.6) is 5.75 Å². The molecule has 5 N–H and O–H groups in total. The van der Waals surface area contributed by atoms with Crippen LogP contribution in [0.1, 0.15) is 17.3 Å². The standard InChI is InChI=1S/C9H13N3O2/c1-2-14-8-6(9(13)12-11)4-3-5-7(8)10/h3-5H,2,10-11H2,1H3,(H,12,13). The summed E-state index contributed by atoms with van der Waals surface area (Å²) in [4.78, 5) is 11.3. The lowest BCUT2D eigenvalue weighted by molar-refractivity contribution is 0.0950. The van der Waals surface area contributed by atoms with Gasteiger partial charge in [0.1, 0.15) is 0 Å². The second kappa shape index (κ2) is 4.48. The Morgan fingerprint density at radius 2 is 2.29 bits per heavy atom. The van der Waals surface area contributed by atoms with Crippen molar-refractivity contribution < 1.29 is 9.53 Å². The summed E-state index contributed by atoms with van der Waals surface area (Å²) >= 11 is 0. The highest BCUT2D eigenvalue weighted by Gasteiger charge is 2.13. The molecule has 1 aromatic carbocycles. The zero-order chi connectivity index (χ0) is 10.6. The molecule has 0 saturated heterocycles. The quantitative estimate of drug-likeness (QED) is 0.279. The Hall–Kier alpha value is -1.75. The molecule has 14 heavy (non-hydrogen) atoms. The fourth-order valence-electron chi connectivity index (χ4n) is 1.12. The molecule has 1 amide bonds. The maximum atomic E-state index is 11.3. The van der Waals surface area contributed by atoms with Gasteiger partial charge in [0, 0.05) is 0 Å². The summed E-state index contributed by atoms with van der Waals surface area (Å²) in [5.41, 5.74) is 8.45. The van der Waals surface area contributed by atoms with Crippen molar-refractivity contribution in [1.82, 2.24) is 5.43 Å². The predicted molar refractivity (Wildman–Crippen MR) is 53.7 cm³/mol. The van der Waals surface area contributed by atoms with E-state index in [0.717, 1.165) is 0 Å². The van der Waals surface area contributed by atoms with E-state index in [1.807, 2.05) is 12.3 Å². The fourth-order valence-corrected chi connectivity index (χ4v) is 1.12. The maximum Gasteiger partial charge on any atom is 0.269 e. The van der Waals surface area contributed by atoms with Crippen LogP contribution < -0.4 is 21.7 Å². The number of carbonyl (C=O) groups excluding carboxylic acids is 1. The second-order valence-corrected chi connectivity index (χ2v) is 2.63. The Labute approximate surface area is 82.0 Å². The number of ether oxygens (including phenoxy) is 1. The van der Waals surface area contributed by atoms with Crippen molar-refractivity contribution in [3.05, 3.63) is 23.8 Å². The van der Waals surface area contributed by atoms with Gasteiger partial charge in [-0.2, -0.15) is 0 Å². The SMILES string of the molecule is CCOc1c(N)cccc1C(=O)NN. The van der Waals surface area contributed by atoms with Crippen LogP contribution >= 0.6 is 0 Å². The number of nitrogen functional groups attached to an aromatic ring is 2. The van der Waals surface area contributed by atoms with Crippen molar-refractivity contribution >= 4 is 11.6 Å². The van der Waals surface area contributed by atoms with E-state index in [1.54, 1.807) is 18.2 Å². The molecule has 0 aliphatic carbocycles. The molecule has 0 heterocycles. The minimum absolute atomic E-state index is 0.342. The lowest BCUT2D eigenvalue weighted by Crippen LogP contribution is -2.30. The van der Waals surface area contributed by atoms with Crippen LogP contribution in [0.25, 0.3) is 0 Å².